The van der Waals surface area contributed by atoms with Crippen LogP contribution in [0.5, 0.6) is 0 Å². The monoisotopic (exact) mass is 442 g/mol. The molecule has 4 rings (SSSR count). The molecule has 3 aromatic rings. The minimum atomic E-state index is -0.559. The van der Waals surface area contributed by atoms with Crippen molar-refractivity contribution in [2.75, 3.05) is 36.8 Å². The highest BCUT2D eigenvalue weighted by atomic mass is 32.2. The maximum absolute atomic E-state index is 12.6. The zero-order valence-corrected chi connectivity index (χ0v) is 17.8. The van der Waals surface area contributed by atoms with Gasteiger partial charge in [0, 0.05) is 43.1 Å². The number of benzene rings is 1. The lowest BCUT2D eigenvalue weighted by Gasteiger charge is -2.36. The van der Waals surface area contributed by atoms with Crippen molar-refractivity contribution in [3.63, 3.8) is 0 Å². The third-order valence-corrected chi connectivity index (χ3v) is 5.91. The summed E-state index contributed by atoms with van der Waals surface area (Å²) >= 11 is 1.17. The second-order valence-corrected chi connectivity index (χ2v) is 8.07. The molecule has 2 N–H and O–H groups in total. The summed E-state index contributed by atoms with van der Waals surface area (Å²) in [6.45, 7) is 4.54. The lowest BCUT2D eigenvalue weighted by Crippen LogP contribution is -2.49. The average Bonchev–Trinajstić information content (AvgIpc) is 3.23. The van der Waals surface area contributed by atoms with Crippen LogP contribution in [0, 0.1) is 6.92 Å². The van der Waals surface area contributed by atoms with E-state index in [0.717, 1.165) is 13.1 Å². The fourth-order valence-electron chi connectivity index (χ4n) is 3.43. The number of nitrogens with zero attached hydrogens (tertiary/aromatic N) is 4. The SMILES string of the molecule is Cc1[nH]c(=O)[nH]c(=O)c1Cc1nnc(SCC(=O)N2CCN(c3ccccc3)CC2)o1. The second-order valence-electron chi connectivity index (χ2n) is 7.14. The lowest BCUT2D eigenvalue weighted by atomic mass is 10.2. The molecule has 3 heterocycles. The Morgan fingerprint density at radius 1 is 1.10 bits per heavy atom. The largest absolute Gasteiger partial charge is 0.416 e. The minimum Gasteiger partial charge on any atom is -0.416 e. The topological polar surface area (TPSA) is 128 Å². The Balaban J connectivity index is 1.29. The molecule has 11 heteroatoms. The van der Waals surface area contributed by atoms with E-state index in [1.165, 1.54) is 17.4 Å². The van der Waals surface area contributed by atoms with Crippen molar-refractivity contribution in [1.29, 1.82) is 0 Å². The summed E-state index contributed by atoms with van der Waals surface area (Å²) in [6, 6.07) is 10.2. The van der Waals surface area contributed by atoms with Gasteiger partial charge in [0.1, 0.15) is 0 Å². The van der Waals surface area contributed by atoms with Gasteiger partial charge < -0.3 is 19.2 Å². The molecule has 0 radical (unpaired) electrons. The molecule has 1 aliphatic heterocycles. The van der Waals surface area contributed by atoms with Crippen molar-refractivity contribution in [3.8, 4) is 0 Å². The Hall–Kier alpha value is -3.34. The first kappa shape index (κ1) is 20.9. The van der Waals surface area contributed by atoms with E-state index < -0.39 is 11.2 Å². The average molecular weight is 443 g/mol. The molecule has 2 aromatic heterocycles. The van der Waals surface area contributed by atoms with Crippen LogP contribution >= 0.6 is 11.8 Å². The fourth-order valence-corrected chi connectivity index (χ4v) is 4.11. The zero-order chi connectivity index (χ0) is 21.8. The summed E-state index contributed by atoms with van der Waals surface area (Å²) in [5, 5.41) is 8.15. The molecule has 0 saturated carbocycles. The van der Waals surface area contributed by atoms with Crippen molar-refractivity contribution in [3.05, 3.63) is 68.3 Å². The fraction of sp³-hybridized carbons (Fsp3) is 0.350. The number of anilines is 1. The van der Waals surface area contributed by atoms with E-state index in [4.69, 9.17) is 4.42 Å². The highest BCUT2D eigenvalue weighted by molar-refractivity contribution is 7.99. The van der Waals surface area contributed by atoms with Gasteiger partial charge in [-0.3, -0.25) is 14.6 Å². The van der Waals surface area contributed by atoms with Gasteiger partial charge in [-0.1, -0.05) is 30.0 Å². The number of nitrogens with one attached hydrogen (secondary N) is 2. The predicted molar refractivity (Wildman–Crippen MR) is 115 cm³/mol. The van der Waals surface area contributed by atoms with E-state index in [1.807, 2.05) is 23.1 Å². The molecule has 1 aliphatic rings. The molecule has 162 valence electrons. The Kier molecular flexibility index (Phi) is 6.21. The van der Waals surface area contributed by atoms with Crippen molar-refractivity contribution < 1.29 is 9.21 Å². The number of hydrogen-bond acceptors (Lipinski definition) is 8. The van der Waals surface area contributed by atoms with Crippen LogP contribution < -0.4 is 16.1 Å². The molecular weight excluding hydrogens is 420 g/mol. The predicted octanol–water partition coefficient (Wildman–Crippen LogP) is 0.786. The summed E-state index contributed by atoms with van der Waals surface area (Å²) in [6.07, 6.45) is 0.0981. The summed E-state index contributed by atoms with van der Waals surface area (Å²) in [5.74, 6) is 0.461. The number of carbonyl (C=O) groups excluding carboxylic acids is 1. The van der Waals surface area contributed by atoms with Gasteiger partial charge in [-0.25, -0.2) is 4.79 Å². The molecule has 10 nitrogen and oxygen atoms in total. The molecule has 1 amide bonds. The van der Waals surface area contributed by atoms with Crippen molar-refractivity contribution in [2.24, 2.45) is 0 Å². The third kappa shape index (κ3) is 5.05. The van der Waals surface area contributed by atoms with Crippen LogP contribution in [0.3, 0.4) is 0 Å². The van der Waals surface area contributed by atoms with E-state index in [0.29, 0.717) is 24.3 Å². The Morgan fingerprint density at radius 2 is 1.84 bits per heavy atom. The number of aromatic amines is 2. The van der Waals surface area contributed by atoms with Crippen molar-refractivity contribution in [1.82, 2.24) is 25.1 Å². The molecule has 1 aromatic carbocycles. The quantitative estimate of drug-likeness (QED) is 0.536. The smallest absolute Gasteiger partial charge is 0.325 e. The molecule has 0 unspecified atom stereocenters. The number of piperazine rings is 1. The van der Waals surface area contributed by atoms with Crippen LogP contribution in [0.1, 0.15) is 17.1 Å². The van der Waals surface area contributed by atoms with Gasteiger partial charge in [-0.05, 0) is 19.1 Å². The summed E-state index contributed by atoms with van der Waals surface area (Å²) < 4.78 is 5.56. The maximum atomic E-state index is 12.6. The molecular formula is C20H22N6O4S. The zero-order valence-electron chi connectivity index (χ0n) is 17.0. The molecule has 0 spiro atoms. The number of aromatic nitrogens is 4. The minimum absolute atomic E-state index is 0.0189. The number of rotatable bonds is 6. The maximum Gasteiger partial charge on any atom is 0.325 e. The molecule has 1 fully saturated rings. The first-order chi connectivity index (χ1) is 15.0. The van der Waals surface area contributed by atoms with E-state index in [1.54, 1.807) is 6.92 Å². The van der Waals surface area contributed by atoms with Crippen LogP contribution in [0.4, 0.5) is 5.69 Å². The van der Waals surface area contributed by atoms with Crippen LogP contribution in [0.15, 0.2) is 49.6 Å². The van der Waals surface area contributed by atoms with Crippen LogP contribution in [0.2, 0.25) is 0 Å². The molecule has 0 atom stereocenters. The summed E-state index contributed by atoms with van der Waals surface area (Å²) in [4.78, 5) is 44.6. The first-order valence-electron chi connectivity index (χ1n) is 9.84. The molecule has 0 aliphatic carbocycles. The van der Waals surface area contributed by atoms with Crippen LogP contribution in [-0.4, -0.2) is 62.9 Å². The molecule has 1 saturated heterocycles. The van der Waals surface area contributed by atoms with E-state index >= 15 is 0 Å². The molecule has 0 bridgehead atoms. The van der Waals surface area contributed by atoms with Crippen molar-refractivity contribution in [2.45, 2.75) is 18.6 Å². The number of amides is 1. The summed E-state index contributed by atoms with van der Waals surface area (Å²) in [5.41, 5.74) is 0.923. The standard InChI is InChI=1S/C20H22N6O4S/c1-13-15(18(28)22-19(29)21-13)11-16-23-24-20(30-16)31-12-17(27)26-9-7-25(8-10-26)14-5-3-2-4-6-14/h2-6H,7-12H2,1H3,(H2,21,22,28,29). The van der Waals surface area contributed by atoms with Crippen LogP contribution in [0.25, 0.3) is 0 Å². The van der Waals surface area contributed by atoms with Gasteiger partial charge in [0.15, 0.2) is 0 Å². The Bertz CT molecular complexity index is 1160. The number of H-pyrrole nitrogens is 2. The van der Waals surface area contributed by atoms with Crippen LogP contribution in [-0.2, 0) is 11.2 Å². The number of thioether (sulfide) groups is 1. The van der Waals surface area contributed by atoms with Gasteiger partial charge in [-0.15, -0.1) is 10.2 Å². The van der Waals surface area contributed by atoms with E-state index in [9.17, 15) is 14.4 Å². The number of para-hydroxylation sites is 1. The van der Waals surface area contributed by atoms with Gasteiger partial charge in [0.25, 0.3) is 10.8 Å². The highest BCUT2D eigenvalue weighted by Gasteiger charge is 2.22. The lowest BCUT2D eigenvalue weighted by molar-refractivity contribution is -0.128. The van der Waals surface area contributed by atoms with Gasteiger partial charge >= 0.3 is 5.69 Å². The summed E-state index contributed by atoms with van der Waals surface area (Å²) in [7, 11) is 0. The highest BCUT2D eigenvalue weighted by Crippen LogP contribution is 2.20. The number of hydrogen-bond donors (Lipinski definition) is 2. The first-order valence-corrected chi connectivity index (χ1v) is 10.8. The van der Waals surface area contributed by atoms with Gasteiger partial charge in [-0.2, -0.15) is 0 Å². The van der Waals surface area contributed by atoms with Crippen molar-refractivity contribution >= 4 is 23.4 Å². The third-order valence-electron chi connectivity index (χ3n) is 5.10. The second kappa shape index (κ2) is 9.21. The van der Waals surface area contributed by atoms with Gasteiger partial charge in [0.2, 0.25) is 11.8 Å². The Labute approximate surface area is 181 Å². The van der Waals surface area contributed by atoms with E-state index in [-0.39, 0.29) is 29.2 Å². The molecule has 31 heavy (non-hydrogen) atoms. The van der Waals surface area contributed by atoms with Gasteiger partial charge in [0.05, 0.1) is 12.2 Å². The number of carbonyl (C=O) groups is 1. The van der Waals surface area contributed by atoms with E-state index in [2.05, 4.69) is 37.2 Å². The Morgan fingerprint density at radius 3 is 2.55 bits per heavy atom. The normalized spacial score (nSPS) is 14.1. The number of aryl methyl sites for hydroxylation is 1.